The summed E-state index contributed by atoms with van der Waals surface area (Å²) < 4.78 is 0. The summed E-state index contributed by atoms with van der Waals surface area (Å²) in [7, 11) is 0. The standard InChI is InChI=1S/C16H25NO3S/c1-11(2)16(20-19)8-7-15(4,17-10-21)12-5-6-14(3,18)9-13(12)16/h9,11-12,18-19H,5-8H2,1-4H3/t12-,14-,15+,16+/m0/s1. The highest BCUT2D eigenvalue weighted by Crippen LogP contribution is 2.54. The van der Waals surface area contributed by atoms with Crippen molar-refractivity contribution in [1.82, 2.24) is 0 Å². The van der Waals surface area contributed by atoms with Crippen LogP contribution in [-0.4, -0.2) is 32.3 Å². The summed E-state index contributed by atoms with van der Waals surface area (Å²) in [4.78, 5) is 9.42. The lowest BCUT2D eigenvalue weighted by atomic mass is 9.57. The number of hydrogen-bond donors (Lipinski definition) is 2. The molecule has 0 radical (unpaired) electrons. The minimum atomic E-state index is -0.871. The molecule has 0 saturated heterocycles. The fraction of sp³-hybridized carbons (Fsp3) is 0.812. The first-order valence-electron chi connectivity index (χ1n) is 7.58. The SMILES string of the molecule is CC(C)[C@]1(OO)CC[C@@](C)(N=C=S)[C@H]2CC[C@](C)(O)C=C21. The molecule has 21 heavy (non-hydrogen) atoms. The predicted octanol–water partition coefficient (Wildman–Crippen LogP) is 3.61. The van der Waals surface area contributed by atoms with Crippen molar-refractivity contribution in [1.29, 1.82) is 0 Å². The molecule has 0 aliphatic heterocycles. The normalized spacial score (nSPS) is 43.0. The van der Waals surface area contributed by atoms with Gasteiger partial charge in [-0.2, -0.15) is 0 Å². The van der Waals surface area contributed by atoms with Crippen molar-refractivity contribution in [2.24, 2.45) is 16.8 Å². The number of aliphatic imine (C=N–C) groups is 1. The van der Waals surface area contributed by atoms with E-state index in [0.29, 0.717) is 12.8 Å². The Kier molecular flexibility index (Phi) is 4.45. The molecule has 4 nitrogen and oxygen atoms in total. The van der Waals surface area contributed by atoms with Gasteiger partial charge in [-0.15, -0.1) is 0 Å². The second-order valence-electron chi connectivity index (χ2n) is 7.24. The van der Waals surface area contributed by atoms with E-state index in [2.05, 4.69) is 17.1 Å². The third-order valence-electron chi connectivity index (χ3n) is 5.42. The average molecular weight is 311 g/mol. The molecule has 0 aromatic heterocycles. The molecule has 0 aromatic rings. The van der Waals surface area contributed by atoms with E-state index in [1.54, 1.807) is 6.92 Å². The Labute approximate surface area is 131 Å². The minimum Gasteiger partial charge on any atom is -0.386 e. The molecule has 2 aliphatic carbocycles. The Balaban J connectivity index is 2.57. The molecular formula is C16H25NO3S. The first-order chi connectivity index (χ1) is 9.71. The number of fused-ring (bicyclic) bond motifs is 1. The Bertz CT molecular complexity index is 496. The lowest BCUT2D eigenvalue weighted by Gasteiger charge is -2.53. The molecule has 1 fully saturated rings. The molecule has 2 aliphatic rings. The summed E-state index contributed by atoms with van der Waals surface area (Å²) in [6, 6.07) is 0. The smallest absolute Gasteiger partial charge is 0.127 e. The zero-order valence-corrected chi connectivity index (χ0v) is 14.0. The molecule has 0 spiro atoms. The van der Waals surface area contributed by atoms with E-state index in [4.69, 9.17) is 17.1 Å². The summed E-state index contributed by atoms with van der Waals surface area (Å²) in [5.74, 6) is 0.211. The van der Waals surface area contributed by atoms with Crippen LogP contribution >= 0.6 is 12.2 Å². The van der Waals surface area contributed by atoms with E-state index >= 15 is 0 Å². The minimum absolute atomic E-state index is 0.103. The van der Waals surface area contributed by atoms with E-state index in [1.165, 1.54) is 0 Å². The van der Waals surface area contributed by atoms with Gasteiger partial charge < -0.3 is 5.11 Å². The molecular weight excluding hydrogens is 286 g/mol. The van der Waals surface area contributed by atoms with Crippen LogP contribution in [0.2, 0.25) is 0 Å². The Morgan fingerprint density at radius 3 is 2.57 bits per heavy atom. The van der Waals surface area contributed by atoms with Crippen molar-refractivity contribution in [3.05, 3.63) is 11.6 Å². The van der Waals surface area contributed by atoms with Gasteiger partial charge in [0.15, 0.2) is 0 Å². The summed E-state index contributed by atoms with van der Waals surface area (Å²) in [6.07, 6.45) is 4.76. The number of rotatable bonds is 3. The van der Waals surface area contributed by atoms with Gasteiger partial charge in [0.05, 0.1) is 16.3 Å². The highest BCUT2D eigenvalue weighted by Gasteiger charge is 2.55. The molecule has 2 rings (SSSR count). The lowest BCUT2D eigenvalue weighted by Crippen LogP contribution is -2.55. The molecule has 0 heterocycles. The largest absolute Gasteiger partial charge is 0.386 e. The number of nitrogens with zero attached hydrogens (tertiary/aromatic N) is 1. The van der Waals surface area contributed by atoms with Crippen molar-refractivity contribution in [2.75, 3.05) is 0 Å². The molecule has 0 bridgehead atoms. The van der Waals surface area contributed by atoms with Crippen molar-refractivity contribution < 1.29 is 15.3 Å². The Morgan fingerprint density at radius 1 is 1.38 bits per heavy atom. The maximum Gasteiger partial charge on any atom is 0.127 e. The maximum absolute atomic E-state index is 10.4. The fourth-order valence-corrected chi connectivity index (χ4v) is 4.19. The summed E-state index contributed by atoms with van der Waals surface area (Å²) in [5, 5.41) is 22.6. The van der Waals surface area contributed by atoms with Crippen molar-refractivity contribution in [3.8, 4) is 0 Å². The molecule has 4 atom stereocenters. The fourth-order valence-electron chi connectivity index (χ4n) is 3.98. The number of thiocarbonyl (C=S) groups is 1. The second kappa shape index (κ2) is 5.56. The topological polar surface area (TPSA) is 62.0 Å². The van der Waals surface area contributed by atoms with Gasteiger partial charge in [0.2, 0.25) is 0 Å². The van der Waals surface area contributed by atoms with Gasteiger partial charge >= 0.3 is 0 Å². The van der Waals surface area contributed by atoms with E-state index in [9.17, 15) is 10.4 Å². The number of aliphatic hydroxyl groups is 1. The highest BCUT2D eigenvalue weighted by atomic mass is 32.1. The third kappa shape index (κ3) is 2.73. The molecule has 0 amide bonds. The van der Waals surface area contributed by atoms with Crippen LogP contribution in [0.3, 0.4) is 0 Å². The molecule has 118 valence electrons. The molecule has 0 aromatic carbocycles. The quantitative estimate of drug-likeness (QED) is 0.275. The molecule has 2 N–H and O–H groups in total. The average Bonchev–Trinajstić information content (AvgIpc) is 2.38. The molecule has 0 unspecified atom stereocenters. The lowest BCUT2D eigenvalue weighted by molar-refractivity contribution is -0.331. The van der Waals surface area contributed by atoms with E-state index in [0.717, 1.165) is 18.4 Å². The first kappa shape index (κ1) is 16.8. The first-order valence-corrected chi connectivity index (χ1v) is 7.99. The van der Waals surface area contributed by atoms with E-state index in [1.807, 2.05) is 19.9 Å². The van der Waals surface area contributed by atoms with Crippen molar-refractivity contribution in [2.45, 2.75) is 70.1 Å². The molecule has 5 heteroatoms. The highest BCUT2D eigenvalue weighted by molar-refractivity contribution is 7.78. The van der Waals surface area contributed by atoms with Crippen LogP contribution < -0.4 is 0 Å². The van der Waals surface area contributed by atoms with Gasteiger partial charge in [-0.05, 0) is 63.2 Å². The van der Waals surface area contributed by atoms with Gasteiger partial charge in [-0.25, -0.2) is 9.88 Å². The van der Waals surface area contributed by atoms with Crippen LogP contribution in [-0.2, 0) is 4.89 Å². The van der Waals surface area contributed by atoms with Gasteiger partial charge in [-0.3, -0.25) is 5.26 Å². The van der Waals surface area contributed by atoms with Crippen LogP contribution in [0.4, 0.5) is 0 Å². The van der Waals surface area contributed by atoms with Crippen molar-refractivity contribution in [3.63, 3.8) is 0 Å². The van der Waals surface area contributed by atoms with Gasteiger partial charge in [0.25, 0.3) is 0 Å². The zero-order chi connectivity index (χ0) is 15.9. The van der Waals surface area contributed by atoms with Crippen LogP contribution in [0, 0.1) is 11.8 Å². The predicted molar refractivity (Wildman–Crippen MR) is 85.4 cm³/mol. The van der Waals surface area contributed by atoms with Crippen LogP contribution in [0.15, 0.2) is 16.6 Å². The summed E-state index contributed by atoms with van der Waals surface area (Å²) in [6.45, 7) is 7.94. The van der Waals surface area contributed by atoms with E-state index < -0.39 is 11.2 Å². The summed E-state index contributed by atoms with van der Waals surface area (Å²) in [5.41, 5.74) is -0.990. The monoisotopic (exact) mass is 311 g/mol. The Morgan fingerprint density at radius 2 is 2.05 bits per heavy atom. The number of isothiocyanates is 1. The van der Waals surface area contributed by atoms with Gasteiger partial charge in [0, 0.05) is 5.92 Å². The van der Waals surface area contributed by atoms with Gasteiger partial charge in [0.1, 0.15) is 5.60 Å². The van der Waals surface area contributed by atoms with Gasteiger partial charge in [-0.1, -0.05) is 19.9 Å². The van der Waals surface area contributed by atoms with Crippen LogP contribution in [0.25, 0.3) is 0 Å². The van der Waals surface area contributed by atoms with Crippen molar-refractivity contribution >= 4 is 17.4 Å². The van der Waals surface area contributed by atoms with E-state index in [-0.39, 0.29) is 17.4 Å². The third-order valence-corrected chi connectivity index (χ3v) is 5.51. The second-order valence-corrected chi connectivity index (χ2v) is 7.43. The van der Waals surface area contributed by atoms with Crippen LogP contribution in [0.5, 0.6) is 0 Å². The maximum atomic E-state index is 10.4. The number of hydrogen-bond acceptors (Lipinski definition) is 5. The molecule has 1 saturated carbocycles. The van der Waals surface area contributed by atoms with Crippen LogP contribution in [0.1, 0.15) is 53.4 Å². The Hall–Kier alpha value is -0.580. The zero-order valence-electron chi connectivity index (χ0n) is 13.2. The summed E-state index contributed by atoms with van der Waals surface area (Å²) >= 11 is 4.81.